The summed E-state index contributed by atoms with van der Waals surface area (Å²) < 4.78 is 14.1. The molecule has 2 fully saturated rings. The summed E-state index contributed by atoms with van der Waals surface area (Å²) in [5, 5.41) is 20.5. The van der Waals surface area contributed by atoms with Gasteiger partial charge in [-0.15, -0.1) is 0 Å². The molecule has 0 amide bonds. The van der Waals surface area contributed by atoms with E-state index in [4.69, 9.17) is 0 Å². The predicted molar refractivity (Wildman–Crippen MR) is 132 cm³/mol. The topological polar surface area (TPSA) is 40.5 Å². The van der Waals surface area contributed by atoms with E-state index in [1.165, 1.54) is 18.4 Å². The van der Waals surface area contributed by atoms with Crippen molar-refractivity contribution in [2.45, 2.75) is 103 Å². The van der Waals surface area contributed by atoms with Gasteiger partial charge in [-0.25, -0.2) is 4.39 Å². The third-order valence-corrected chi connectivity index (χ3v) is 8.51. The molecule has 1 unspecified atom stereocenters. The summed E-state index contributed by atoms with van der Waals surface area (Å²) in [5.41, 5.74) is 3.90. The number of aliphatic hydroxyl groups is 2. The number of allylic oxidation sites excluding steroid dienone is 7. The Labute approximate surface area is 194 Å². The van der Waals surface area contributed by atoms with Gasteiger partial charge in [-0.05, 0) is 79.8 Å². The van der Waals surface area contributed by atoms with Crippen LogP contribution in [0.5, 0.6) is 0 Å². The fourth-order valence-electron chi connectivity index (χ4n) is 6.15. The number of aliphatic hydroxyl groups excluding tert-OH is 1. The molecule has 178 valence electrons. The van der Waals surface area contributed by atoms with Crippen LogP contribution in [-0.4, -0.2) is 28.1 Å². The van der Waals surface area contributed by atoms with Crippen molar-refractivity contribution in [2.75, 3.05) is 0 Å². The summed E-state index contributed by atoms with van der Waals surface area (Å²) in [5.74, 6) is 0.957. The van der Waals surface area contributed by atoms with Gasteiger partial charge in [0, 0.05) is 6.42 Å². The molecule has 0 bridgehead atoms. The summed E-state index contributed by atoms with van der Waals surface area (Å²) in [6, 6.07) is 0. The van der Waals surface area contributed by atoms with Gasteiger partial charge >= 0.3 is 0 Å². The molecule has 0 saturated heterocycles. The highest BCUT2D eigenvalue weighted by molar-refractivity contribution is 5.40. The zero-order valence-electron chi connectivity index (χ0n) is 20.5. The van der Waals surface area contributed by atoms with Crippen molar-refractivity contribution in [1.82, 2.24) is 0 Å². The molecule has 0 aliphatic heterocycles. The van der Waals surface area contributed by atoms with Crippen molar-refractivity contribution in [1.29, 1.82) is 0 Å². The second-order valence-corrected chi connectivity index (χ2v) is 10.6. The van der Waals surface area contributed by atoms with Crippen molar-refractivity contribution in [2.24, 2.45) is 17.3 Å². The lowest BCUT2D eigenvalue weighted by Gasteiger charge is -2.42. The normalized spacial score (nSPS) is 34.9. The number of hydrogen-bond acceptors (Lipinski definition) is 2. The molecule has 2 N–H and O–H groups in total. The van der Waals surface area contributed by atoms with Gasteiger partial charge in [0.25, 0.3) is 0 Å². The van der Waals surface area contributed by atoms with Crippen LogP contribution in [0.2, 0.25) is 0 Å². The first-order valence-electron chi connectivity index (χ1n) is 12.6. The Morgan fingerprint density at radius 1 is 1.31 bits per heavy atom. The average Bonchev–Trinajstić information content (AvgIpc) is 3.12. The molecule has 3 heteroatoms. The molecule has 0 aromatic rings. The fourth-order valence-corrected chi connectivity index (χ4v) is 6.15. The zero-order chi connectivity index (χ0) is 23.5. The van der Waals surface area contributed by atoms with Crippen LogP contribution in [0, 0.1) is 17.3 Å². The minimum atomic E-state index is -1.13. The highest BCUT2D eigenvalue weighted by Gasteiger charge is 2.45. The van der Waals surface area contributed by atoms with Crippen LogP contribution in [0.1, 0.15) is 85.5 Å². The van der Waals surface area contributed by atoms with Gasteiger partial charge in [0.05, 0.1) is 11.7 Å². The molecule has 5 atom stereocenters. The van der Waals surface area contributed by atoms with Gasteiger partial charge in [-0.1, -0.05) is 75.8 Å². The quantitative estimate of drug-likeness (QED) is 0.411. The average molecular weight is 443 g/mol. The zero-order valence-corrected chi connectivity index (χ0v) is 20.5. The summed E-state index contributed by atoms with van der Waals surface area (Å²) in [4.78, 5) is 0. The lowest BCUT2D eigenvalue weighted by Crippen LogP contribution is -2.32. The van der Waals surface area contributed by atoms with Crippen molar-refractivity contribution in [3.05, 3.63) is 59.3 Å². The largest absolute Gasteiger partial charge is 0.393 e. The maximum absolute atomic E-state index is 14.1. The van der Waals surface area contributed by atoms with Crippen molar-refractivity contribution >= 4 is 0 Å². The Balaban J connectivity index is 1.73. The lowest BCUT2D eigenvalue weighted by atomic mass is 9.62. The SMILES string of the molecule is C=C1/C(=C\C=C2\CCCC3(C)C([C@@H](C)C/C=C/C(O)(CC)CC)=CC[C@@H]23)C[C@@H](O)C[C@@H]1F. The predicted octanol–water partition coefficient (Wildman–Crippen LogP) is 7.16. The summed E-state index contributed by atoms with van der Waals surface area (Å²) >= 11 is 0. The maximum Gasteiger partial charge on any atom is 0.127 e. The van der Waals surface area contributed by atoms with Crippen LogP contribution in [-0.2, 0) is 0 Å². The molecular weight excluding hydrogens is 399 g/mol. The second-order valence-electron chi connectivity index (χ2n) is 10.6. The van der Waals surface area contributed by atoms with Crippen LogP contribution in [0.4, 0.5) is 4.39 Å². The highest BCUT2D eigenvalue weighted by atomic mass is 19.1. The van der Waals surface area contributed by atoms with E-state index in [1.54, 1.807) is 5.57 Å². The molecule has 0 radical (unpaired) electrons. The van der Waals surface area contributed by atoms with E-state index in [1.807, 2.05) is 26.0 Å². The first-order valence-corrected chi connectivity index (χ1v) is 12.6. The maximum atomic E-state index is 14.1. The van der Waals surface area contributed by atoms with Gasteiger partial charge in [-0.3, -0.25) is 0 Å². The highest BCUT2D eigenvalue weighted by Crippen LogP contribution is 2.57. The number of fused-ring (bicyclic) bond motifs is 1. The van der Waals surface area contributed by atoms with Gasteiger partial charge in [-0.2, -0.15) is 0 Å². The van der Waals surface area contributed by atoms with Gasteiger partial charge < -0.3 is 10.2 Å². The monoisotopic (exact) mass is 442 g/mol. The number of alkyl halides is 1. The van der Waals surface area contributed by atoms with Crippen LogP contribution in [0.3, 0.4) is 0 Å². The molecule has 32 heavy (non-hydrogen) atoms. The Morgan fingerprint density at radius 2 is 2.03 bits per heavy atom. The van der Waals surface area contributed by atoms with Gasteiger partial charge in [0.2, 0.25) is 0 Å². The van der Waals surface area contributed by atoms with Crippen LogP contribution in [0.25, 0.3) is 0 Å². The number of hydrogen-bond donors (Lipinski definition) is 2. The Kier molecular flexibility index (Phi) is 8.04. The molecule has 3 aliphatic carbocycles. The van der Waals surface area contributed by atoms with Crippen LogP contribution < -0.4 is 0 Å². The van der Waals surface area contributed by atoms with E-state index >= 15 is 0 Å². The summed E-state index contributed by atoms with van der Waals surface area (Å²) in [6.45, 7) is 12.7. The standard InChI is InChI=1S/C29H43FO2/c1-6-29(32,7-2)17-8-10-20(3)25-14-15-26-22(11-9-16-28(25,26)5)12-13-23-18-24(31)19-27(30)21(23)4/h8,12-14,17,20,24,26-27,31-32H,4,6-7,9-11,15-16,18-19H2,1-3,5H3/b17-8+,22-12-,23-13-/t20-,24+,26-,27-,28?/m0/s1. The third kappa shape index (κ3) is 5.20. The van der Waals surface area contributed by atoms with Crippen LogP contribution >= 0.6 is 0 Å². The molecule has 2 nitrogen and oxygen atoms in total. The number of rotatable bonds is 7. The molecule has 3 rings (SSSR count). The van der Waals surface area contributed by atoms with Crippen molar-refractivity contribution < 1.29 is 14.6 Å². The first kappa shape index (κ1) is 25.2. The second kappa shape index (κ2) is 10.2. The van der Waals surface area contributed by atoms with Crippen molar-refractivity contribution in [3.63, 3.8) is 0 Å². The summed E-state index contributed by atoms with van der Waals surface area (Å²) in [7, 11) is 0. The number of halogens is 1. The van der Waals surface area contributed by atoms with E-state index < -0.39 is 17.9 Å². The molecule has 0 spiro atoms. The minimum Gasteiger partial charge on any atom is -0.393 e. The molecular formula is C29H43FO2. The first-order chi connectivity index (χ1) is 15.1. The third-order valence-electron chi connectivity index (χ3n) is 8.51. The Morgan fingerprint density at radius 3 is 2.72 bits per heavy atom. The Hall–Kier alpha value is -1.45. The van der Waals surface area contributed by atoms with Crippen molar-refractivity contribution in [3.8, 4) is 0 Å². The molecule has 0 heterocycles. The van der Waals surface area contributed by atoms with Gasteiger partial charge in [0.15, 0.2) is 0 Å². The smallest absolute Gasteiger partial charge is 0.127 e. The van der Waals surface area contributed by atoms with Gasteiger partial charge in [0.1, 0.15) is 6.17 Å². The minimum absolute atomic E-state index is 0.168. The summed E-state index contributed by atoms with van der Waals surface area (Å²) in [6.07, 6.45) is 16.8. The van der Waals surface area contributed by atoms with E-state index in [0.29, 0.717) is 23.8 Å². The van der Waals surface area contributed by atoms with Crippen LogP contribution in [0.15, 0.2) is 59.3 Å². The van der Waals surface area contributed by atoms with E-state index in [0.717, 1.165) is 37.7 Å². The molecule has 0 aromatic carbocycles. The molecule has 3 aliphatic rings. The molecule has 0 aromatic heterocycles. The van der Waals surface area contributed by atoms with E-state index in [-0.39, 0.29) is 11.8 Å². The Bertz CT molecular complexity index is 813. The fraction of sp³-hybridized carbons (Fsp3) is 0.655. The lowest BCUT2D eigenvalue weighted by molar-refractivity contribution is 0.0824. The molecule has 2 saturated carbocycles. The van der Waals surface area contributed by atoms with E-state index in [9.17, 15) is 14.6 Å². The van der Waals surface area contributed by atoms with E-state index in [2.05, 4.69) is 38.7 Å².